The number of nitrogens with one attached hydrogen (secondary N) is 1. The molecule has 0 aliphatic carbocycles. The minimum absolute atomic E-state index is 0.0898. The number of alkyl halides is 2. The zero-order valence-corrected chi connectivity index (χ0v) is 23.0. The van der Waals surface area contributed by atoms with E-state index in [1.165, 1.54) is 12.1 Å². The molecule has 1 unspecified atom stereocenters. The number of piperidine rings is 1. The molecule has 3 heterocycles. The van der Waals surface area contributed by atoms with E-state index in [0.29, 0.717) is 51.2 Å². The van der Waals surface area contributed by atoms with E-state index in [2.05, 4.69) is 10.3 Å². The fourth-order valence-electron chi connectivity index (χ4n) is 5.10. The molecule has 0 amide bonds. The van der Waals surface area contributed by atoms with E-state index in [0.717, 1.165) is 5.56 Å². The van der Waals surface area contributed by atoms with Crippen LogP contribution in [-0.4, -0.2) is 35.4 Å². The maximum absolute atomic E-state index is 13.8. The Balaban J connectivity index is 1.58. The van der Waals surface area contributed by atoms with Gasteiger partial charge in [-0.25, -0.2) is 13.8 Å². The van der Waals surface area contributed by atoms with Gasteiger partial charge in [-0.05, 0) is 62.7 Å². The van der Waals surface area contributed by atoms with Crippen LogP contribution in [0.2, 0.25) is 5.15 Å². The molecule has 2 N–H and O–H groups in total. The van der Waals surface area contributed by atoms with E-state index in [4.69, 9.17) is 16.0 Å². The fraction of sp³-hybridized carbons (Fsp3) is 0.300. The Kier molecular flexibility index (Phi) is 7.27. The van der Waals surface area contributed by atoms with E-state index >= 15 is 0 Å². The second-order valence-corrected chi connectivity index (χ2v) is 10.6. The Morgan fingerprint density at radius 1 is 1.15 bits per heavy atom. The van der Waals surface area contributed by atoms with E-state index in [1.807, 2.05) is 19.9 Å². The first-order valence-electron chi connectivity index (χ1n) is 12.9. The number of aldehydes is 1. The lowest BCUT2D eigenvalue weighted by molar-refractivity contribution is -0.0225. The molecule has 10 heteroatoms. The highest BCUT2D eigenvalue weighted by Gasteiger charge is 2.35. The number of aromatic hydroxyl groups is 1. The summed E-state index contributed by atoms with van der Waals surface area (Å²) in [5, 5.41) is 14.0. The molecule has 7 nitrogen and oxygen atoms in total. The number of pyridine rings is 1. The number of hydrogen-bond donors (Lipinski definition) is 2. The summed E-state index contributed by atoms with van der Waals surface area (Å²) in [6.45, 7) is 5.63. The van der Waals surface area contributed by atoms with Gasteiger partial charge in [0.25, 0.3) is 5.92 Å². The number of aryl methyl sites for hydroxylation is 1. The highest BCUT2D eigenvalue weighted by atomic mass is 35.5. The first-order chi connectivity index (χ1) is 19.0. The van der Waals surface area contributed by atoms with Crippen LogP contribution in [0, 0.1) is 13.8 Å². The summed E-state index contributed by atoms with van der Waals surface area (Å²) in [6.07, 6.45) is -0.0479. The monoisotopic (exact) mass is 567 g/mol. The van der Waals surface area contributed by atoms with Crippen molar-refractivity contribution in [3.63, 3.8) is 0 Å². The predicted octanol–water partition coefficient (Wildman–Crippen LogP) is 7.05. The van der Waals surface area contributed by atoms with Crippen LogP contribution < -0.4 is 15.6 Å². The summed E-state index contributed by atoms with van der Waals surface area (Å²) >= 11 is 6.21. The molecule has 4 aromatic rings. The molecule has 1 aliphatic heterocycles. The van der Waals surface area contributed by atoms with Crippen molar-refractivity contribution in [1.29, 1.82) is 0 Å². The zero-order chi connectivity index (χ0) is 28.8. The summed E-state index contributed by atoms with van der Waals surface area (Å²) in [4.78, 5) is 31.0. The Morgan fingerprint density at radius 2 is 1.88 bits per heavy atom. The summed E-state index contributed by atoms with van der Waals surface area (Å²) < 4.78 is 34.0. The van der Waals surface area contributed by atoms with Crippen molar-refractivity contribution in [3.05, 3.63) is 80.1 Å². The van der Waals surface area contributed by atoms with Gasteiger partial charge in [0.05, 0.1) is 33.9 Å². The molecule has 0 bridgehead atoms. The molecule has 1 aliphatic rings. The van der Waals surface area contributed by atoms with Crippen molar-refractivity contribution in [2.75, 3.05) is 23.3 Å². The maximum atomic E-state index is 13.8. The molecule has 208 valence electrons. The quantitative estimate of drug-likeness (QED) is 0.190. The number of phenols is 1. The summed E-state index contributed by atoms with van der Waals surface area (Å²) in [6, 6.07) is 11.2. The maximum Gasteiger partial charge on any atom is 0.251 e. The van der Waals surface area contributed by atoms with Crippen LogP contribution in [0.4, 0.5) is 20.4 Å². The molecule has 1 atom stereocenters. The number of fused-ring (bicyclic) bond motifs is 1. The number of hydrogen-bond acceptors (Lipinski definition) is 7. The van der Waals surface area contributed by atoms with Crippen molar-refractivity contribution in [2.45, 2.75) is 45.6 Å². The van der Waals surface area contributed by atoms with E-state index in [-0.39, 0.29) is 47.8 Å². The summed E-state index contributed by atoms with van der Waals surface area (Å²) in [5.41, 5.74) is 3.87. The number of carbonyl (C=O) groups excluding carboxylic acids is 1. The molecule has 5 rings (SSSR count). The molecule has 2 aromatic heterocycles. The van der Waals surface area contributed by atoms with E-state index in [9.17, 15) is 23.5 Å². The van der Waals surface area contributed by atoms with Gasteiger partial charge < -0.3 is 19.7 Å². The average molecular weight is 568 g/mol. The van der Waals surface area contributed by atoms with Crippen LogP contribution in [0.15, 0.2) is 51.7 Å². The molecule has 0 spiro atoms. The van der Waals surface area contributed by atoms with Gasteiger partial charge in [-0.2, -0.15) is 0 Å². The van der Waals surface area contributed by atoms with Crippen LogP contribution in [-0.2, 0) is 0 Å². The Hall–Kier alpha value is -3.98. The van der Waals surface area contributed by atoms with E-state index in [1.54, 1.807) is 36.1 Å². The van der Waals surface area contributed by atoms with Gasteiger partial charge in [-0.1, -0.05) is 17.7 Å². The largest absolute Gasteiger partial charge is 0.507 e. The molecule has 0 radical (unpaired) electrons. The normalized spacial score (nSPS) is 15.7. The van der Waals surface area contributed by atoms with Crippen molar-refractivity contribution < 1.29 is 23.1 Å². The summed E-state index contributed by atoms with van der Waals surface area (Å²) in [5.74, 6) is -2.56. The lowest BCUT2D eigenvalue weighted by Crippen LogP contribution is -2.40. The number of anilines is 2. The highest BCUT2D eigenvalue weighted by molar-refractivity contribution is 6.29. The molecular formula is C30H28ClF2N3O4. The standard InChI is InChI=1S/C30H28ClF2N3O4/c1-16-12-21(28-22(13-16)27(39)17(2)29(40-28)36-10-8-30(32,33)9-11-36)18(3)34-23-5-7-25(31)35-26(23)19-4-6-24(38)20(14-19)15-37/h4-7,12-15,18,34,38H,8-11H2,1-3H3. The molecule has 2 aromatic carbocycles. The lowest BCUT2D eigenvalue weighted by atomic mass is 9.99. The predicted molar refractivity (Wildman–Crippen MR) is 152 cm³/mol. The van der Waals surface area contributed by atoms with E-state index < -0.39 is 12.0 Å². The van der Waals surface area contributed by atoms with Crippen molar-refractivity contribution in [1.82, 2.24) is 4.98 Å². The lowest BCUT2D eigenvalue weighted by Gasteiger charge is -2.33. The van der Waals surface area contributed by atoms with Crippen LogP contribution >= 0.6 is 11.6 Å². The number of aromatic nitrogens is 1. The third-order valence-corrected chi connectivity index (χ3v) is 7.49. The van der Waals surface area contributed by atoms with Gasteiger partial charge in [0, 0.05) is 37.1 Å². The van der Waals surface area contributed by atoms with Crippen LogP contribution in [0.25, 0.3) is 22.2 Å². The van der Waals surface area contributed by atoms with Gasteiger partial charge in [0.1, 0.15) is 16.5 Å². The fourth-order valence-corrected chi connectivity index (χ4v) is 5.24. The van der Waals surface area contributed by atoms with Crippen LogP contribution in [0.5, 0.6) is 5.75 Å². The molecular weight excluding hydrogens is 540 g/mol. The smallest absolute Gasteiger partial charge is 0.251 e. The molecule has 1 saturated heterocycles. The van der Waals surface area contributed by atoms with Gasteiger partial charge in [-0.3, -0.25) is 9.59 Å². The molecule has 1 fully saturated rings. The second kappa shape index (κ2) is 10.5. The SMILES string of the molecule is Cc1cc(C(C)Nc2ccc(Cl)nc2-c2ccc(O)c(C=O)c2)c2oc(N3CCC(F)(F)CC3)c(C)c(=O)c2c1. The van der Waals surface area contributed by atoms with Gasteiger partial charge in [0.15, 0.2) is 11.7 Å². The van der Waals surface area contributed by atoms with Gasteiger partial charge in [0.2, 0.25) is 5.88 Å². The minimum atomic E-state index is -2.73. The van der Waals surface area contributed by atoms with Crippen LogP contribution in [0.3, 0.4) is 0 Å². The minimum Gasteiger partial charge on any atom is -0.507 e. The third kappa shape index (κ3) is 5.25. The van der Waals surface area contributed by atoms with Crippen molar-refractivity contribution >= 4 is 40.4 Å². The average Bonchev–Trinajstić information content (AvgIpc) is 2.92. The Labute approximate surface area is 234 Å². The van der Waals surface area contributed by atoms with Gasteiger partial charge in [-0.15, -0.1) is 0 Å². The zero-order valence-electron chi connectivity index (χ0n) is 22.2. The number of nitrogens with zero attached hydrogens (tertiary/aromatic N) is 2. The van der Waals surface area contributed by atoms with Gasteiger partial charge >= 0.3 is 0 Å². The molecule has 40 heavy (non-hydrogen) atoms. The van der Waals surface area contributed by atoms with Crippen LogP contribution in [0.1, 0.15) is 52.9 Å². The number of rotatable bonds is 6. The number of phenolic OH excluding ortho intramolecular Hbond substituents is 1. The summed E-state index contributed by atoms with van der Waals surface area (Å²) in [7, 11) is 0. The first-order valence-corrected chi connectivity index (χ1v) is 13.3. The molecule has 0 saturated carbocycles. The highest BCUT2D eigenvalue weighted by Crippen LogP contribution is 2.37. The van der Waals surface area contributed by atoms with Crippen molar-refractivity contribution in [2.24, 2.45) is 0 Å². The number of carbonyl (C=O) groups is 1. The second-order valence-electron chi connectivity index (χ2n) is 10.2. The Morgan fingerprint density at radius 3 is 2.58 bits per heavy atom. The first kappa shape index (κ1) is 27.6. The Bertz CT molecular complexity index is 1680. The third-order valence-electron chi connectivity index (χ3n) is 7.28. The number of benzene rings is 2. The topological polar surface area (TPSA) is 95.7 Å². The number of halogens is 3. The van der Waals surface area contributed by atoms with Crippen molar-refractivity contribution in [3.8, 4) is 17.0 Å².